The van der Waals surface area contributed by atoms with Crippen LogP contribution in [0, 0.1) is 0 Å². The van der Waals surface area contributed by atoms with Crippen LogP contribution in [0.2, 0.25) is 20.1 Å². The predicted molar refractivity (Wildman–Crippen MR) is 110 cm³/mol. The van der Waals surface area contributed by atoms with Gasteiger partial charge in [-0.05, 0) is 43.3 Å². The average Bonchev–Trinajstić information content (AvgIpc) is 2.51. The Morgan fingerprint density at radius 1 is 0.769 bits per heavy atom. The van der Waals surface area contributed by atoms with Crippen molar-refractivity contribution < 1.29 is 9.59 Å². The van der Waals surface area contributed by atoms with E-state index in [1.54, 1.807) is 47.5 Å². The van der Waals surface area contributed by atoms with Gasteiger partial charge in [0.25, 0.3) is 0 Å². The fourth-order valence-corrected chi connectivity index (χ4v) is 2.82. The van der Waals surface area contributed by atoms with Gasteiger partial charge in [0, 0.05) is 57.6 Å². The Morgan fingerprint density at radius 3 is 1.50 bits per heavy atom. The Labute approximate surface area is 173 Å². The number of benzene rings is 2. The number of carbonyl (C=O) groups excluding carboxylic acids is 2. The van der Waals surface area contributed by atoms with Gasteiger partial charge in [-0.2, -0.15) is 0 Å². The number of hydrogen-bond donors (Lipinski definition) is 0. The minimum atomic E-state index is -0.117. The third-order valence-corrected chi connectivity index (χ3v) is 3.81. The van der Waals surface area contributed by atoms with E-state index in [0.717, 1.165) is 0 Å². The molecule has 0 aliphatic carbocycles. The van der Waals surface area contributed by atoms with Crippen LogP contribution in [0.3, 0.4) is 0 Å². The summed E-state index contributed by atoms with van der Waals surface area (Å²) in [6.07, 6.45) is 3.15. The predicted octanol–water partition coefficient (Wildman–Crippen LogP) is 6.45. The van der Waals surface area contributed by atoms with Crippen molar-refractivity contribution in [2.75, 3.05) is 14.1 Å². The highest BCUT2D eigenvalue weighted by Crippen LogP contribution is 2.20. The van der Waals surface area contributed by atoms with Gasteiger partial charge in [-0.25, -0.2) is 0 Å². The highest BCUT2D eigenvalue weighted by Gasteiger charge is 2.04. The first-order valence-electron chi connectivity index (χ1n) is 7.40. The summed E-state index contributed by atoms with van der Waals surface area (Å²) in [5.74, 6) is -0.150. The first-order valence-corrected chi connectivity index (χ1v) is 8.91. The number of carbonyl (C=O) groups is 2. The van der Waals surface area contributed by atoms with Crippen LogP contribution in [-0.2, 0) is 0 Å². The van der Waals surface area contributed by atoms with Gasteiger partial charge in [-0.3, -0.25) is 9.59 Å². The minimum absolute atomic E-state index is 0.0330. The van der Waals surface area contributed by atoms with Gasteiger partial charge in [-0.1, -0.05) is 46.4 Å². The molecule has 0 radical (unpaired) electrons. The first kappa shape index (κ1) is 22.5. The number of nitrogens with zero attached hydrogens (tertiary/aromatic N) is 1. The van der Waals surface area contributed by atoms with E-state index >= 15 is 0 Å². The molecule has 0 saturated heterocycles. The van der Waals surface area contributed by atoms with Gasteiger partial charge in [0.05, 0.1) is 0 Å². The van der Waals surface area contributed by atoms with E-state index in [4.69, 9.17) is 46.4 Å². The second-order valence-electron chi connectivity index (χ2n) is 5.52. The highest BCUT2D eigenvalue weighted by atomic mass is 35.5. The summed E-state index contributed by atoms with van der Waals surface area (Å²) in [6, 6.07) is 9.56. The number of rotatable bonds is 4. The lowest BCUT2D eigenvalue weighted by molar-refractivity contribution is 0.101. The van der Waals surface area contributed by atoms with Crippen molar-refractivity contribution in [1.82, 2.24) is 4.90 Å². The number of ketones is 2. The molecule has 0 heterocycles. The highest BCUT2D eigenvalue weighted by molar-refractivity contribution is 6.35. The fraction of sp³-hybridized carbons (Fsp3) is 0.158. The molecule has 26 heavy (non-hydrogen) atoms. The van der Waals surface area contributed by atoms with E-state index < -0.39 is 0 Å². The molecule has 0 bridgehead atoms. The normalized spacial score (nSPS) is 10.3. The van der Waals surface area contributed by atoms with Crippen LogP contribution in [-0.4, -0.2) is 30.6 Å². The lowest BCUT2D eigenvalue weighted by Crippen LogP contribution is -2.03. The van der Waals surface area contributed by atoms with Crippen molar-refractivity contribution in [3.05, 3.63) is 79.9 Å². The molecule has 0 aliphatic rings. The molecule has 2 aromatic carbocycles. The lowest BCUT2D eigenvalue weighted by atomic mass is 10.1. The van der Waals surface area contributed by atoms with Gasteiger partial charge in [-0.15, -0.1) is 0 Å². The van der Waals surface area contributed by atoms with Crippen LogP contribution >= 0.6 is 46.4 Å². The van der Waals surface area contributed by atoms with E-state index in [-0.39, 0.29) is 11.6 Å². The van der Waals surface area contributed by atoms with Crippen molar-refractivity contribution in [2.45, 2.75) is 6.92 Å². The maximum atomic E-state index is 11.6. The van der Waals surface area contributed by atoms with Gasteiger partial charge in [0.2, 0.25) is 0 Å². The standard InChI is InChI=1S/C11H11Cl2NO.C8H6Cl2O/c1-14(2)4-3-11(15)8-5-9(12)7-10(13)6-8;1-5(11)6-2-7(9)4-8(10)3-6/h3-7H,1-2H3;2-4H,1H3/b4-3+;. The zero-order valence-corrected chi connectivity index (χ0v) is 17.4. The molecule has 0 spiro atoms. The molecule has 138 valence electrons. The molecule has 2 aromatic rings. The first-order chi connectivity index (χ1) is 12.1. The van der Waals surface area contributed by atoms with E-state index in [0.29, 0.717) is 31.2 Å². The maximum Gasteiger partial charge on any atom is 0.187 e. The molecule has 0 N–H and O–H groups in total. The Bertz CT molecular complexity index is 792. The third-order valence-electron chi connectivity index (χ3n) is 2.94. The van der Waals surface area contributed by atoms with Crippen molar-refractivity contribution in [1.29, 1.82) is 0 Å². The summed E-state index contributed by atoms with van der Waals surface area (Å²) in [7, 11) is 3.68. The molecule has 0 saturated carbocycles. The molecule has 0 amide bonds. The van der Waals surface area contributed by atoms with Gasteiger partial charge < -0.3 is 4.90 Å². The third kappa shape index (κ3) is 8.24. The number of Topliss-reactive ketones (excluding diaryl/α,β-unsaturated/α-hetero) is 1. The molecule has 2 rings (SSSR count). The molecule has 0 aromatic heterocycles. The lowest BCUT2D eigenvalue weighted by Gasteiger charge is -2.03. The van der Waals surface area contributed by atoms with Crippen molar-refractivity contribution in [3.8, 4) is 0 Å². The van der Waals surface area contributed by atoms with Gasteiger partial charge in [0.1, 0.15) is 0 Å². The summed E-state index contributed by atoms with van der Waals surface area (Å²) in [6.45, 7) is 1.47. The van der Waals surface area contributed by atoms with Crippen LogP contribution < -0.4 is 0 Å². The zero-order valence-electron chi connectivity index (χ0n) is 14.4. The second kappa shape index (κ2) is 10.6. The largest absolute Gasteiger partial charge is 0.383 e. The Morgan fingerprint density at radius 2 is 1.15 bits per heavy atom. The molecular weight excluding hydrogens is 416 g/mol. The summed E-state index contributed by atoms with van der Waals surface area (Å²) in [5.41, 5.74) is 1.04. The monoisotopic (exact) mass is 431 g/mol. The Balaban J connectivity index is 0.000000273. The fourth-order valence-electron chi connectivity index (χ4n) is 1.77. The van der Waals surface area contributed by atoms with Crippen molar-refractivity contribution >= 4 is 58.0 Å². The smallest absolute Gasteiger partial charge is 0.187 e. The van der Waals surface area contributed by atoms with Gasteiger partial charge in [0.15, 0.2) is 11.6 Å². The van der Waals surface area contributed by atoms with E-state index in [9.17, 15) is 9.59 Å². The van der Waals surface area contributed by atoms with E-state index in [2.05, 4.69) is 0 Å². The molecule has 0 unspecified atom stereocenters. The molecule has 7 heteroatoms. The zero-order chi connectivity index (χ0) is 19.9. The molecule has 0 fully saturated rings. The van der Waals surface area contributed by atoms with Crippen LogP contribution in [0.1, 0.15) is 27.6 Å². The molecule has 0 atom stereocenters. The quantitative estimate of drug-likeness (QED) is 0.411. The average molecular weight is 433 g/mol. The van der Waals surface area contributed by atoms with Crippen LogP contribution in [0.5, 0.6) is 0 Å². The van der Waals surface area contributed by atoms with Crippen LogP contribution in [0.25, 0.3) is 0 Å². The van der Waals surface area contributed by atoms with E-state index in [1.165, 1.54) is 13.0 Å². The van der Waals surface area contributed by atoms with Crippen LogP contribution in [0.15, 0.2) is 48.7 Å². The maximum absolute atomic E-state index is 11.6. The Hall–Kier alpha value is -1.52. The molecular formula is C19H17Cl4NO2. The topological polar surface area (TPSA) is 37.4 Å². The minimum Gasteiger partial charge on any atom is -0.383 e. The SMILES string of the molecule is CC(=O)c1cc(Cl)cc(Cl)c1.CN(C)/C=C/C(=O)c1cc(Cl)cc(Cl)c1. The van der Waals surface area contributed by atoms with Crippen molar-refractivity contribution in [2.24, 2.45) is 0 Å². The summed E-state index contributed by atoms with van der Waals surface area (Å²) >= 11 is 22.9. The summed E-state index contributed by atoms with van der Waals surface area (Å²) < 4.78 is 0. The molecule has 0 aliphatic heterocycles. The van der Waals surface area contributed by atoms with Crippen molar-refractivity contribution in [3.63, 3.8) is 0 Å². The summed E-state index contributed by atoms with van der Waals surface area (Å²) in [4.78, 5) is 24.2. The molecule has 3 nitrogen and oxygen atoms in total. The number of hydrogen-bond acceptors (Lipinski definition) is 3. The van der Waals surface area contributed by atoms with Crippen LogP contribution in [0.4, 0.5) is 0 Å². The summed E-state index contributed by atoms with van der Waals surface area (Å²) in [5, 5.41) is 1.90. The number of halogens is 4. The van der Waals surface area contributed by atoms with Gasteiger partial charge >= 0.3 is 0 Å². The van der Waals surface area contributed by atoms with E-state index in [1.807, 2.05) is 14.1 Å². The number of allylic oxidation sites excluding steroid dienone is 1. The Kier molecular flexibility index (Phi) is 9.17. The second-order valence-corrected chi connectivity index (χ2v) is 7.26.